The van der Waals surface area contributed by atoms with Gasteiger partial charge in [0.25, 0.3) is 0 Å². The SMILES string of the molecule is c1ccc(-n2c3ccccc3c3ccc(N(c4cccc(-c5ccc(C(c6ccccc6)(c6ccccc6)c6ccccc6)cc5)c4)c4ccc5oc6ccccc6c5c4)cc32)cc1. The number of nitrogens with zero attached hydrogens (tertiary/aromatic N) is 2. The normalized spacial score (nSPS) is 11.8. The summed E-state index contributed by atoms with van der Waals surface area (Å²) in [6, 6.07) is 92.0. The molecule has 3 nitrogen and oxygen atoms in total. The van der Waals surface area contributed by atoms with E-state index in [9.17, 15) is 0 Å². The molecule has 2 heterocycles. The van der Waals surface area contributed by atoms with Gasteiger partial charge in [0.2, 0.25) is 0 Å². The lowest BCUT2D eigenvalue weighted by Crippen LogP contribution is -2.30. The molecule has 0 radical (unpaired) electrons. The largest absolute Gasteiger partial charge is 0.456 e. The maximum atomic E-state index is 6.33. The summed E-state index contributed by atoms with van der Waals surface area (Å²) in [5.41, 5.74) is 15.0. The Balaban J connectivity index is 1.03. The Morgan fingerprint density at radius 1 is 0.312 bits per heavy atom. The van der Waals surface area contributed by atoms with Crippen molar-refractivity contribution in [3.63, 3.8) is 0 Å². The molecule has 10 aromatic carbocycles. The summed E-state index contributed by atoms with van der Waals surface area (Å²) >= 11 is 0. The Labute approximate surface area is 372 Å². The van der Waals surface area contributed by atoms with Gasteiger partial charge in [-0.2, -0.15) is 0 Å². The Kier molecular flexibility index (Phi) is 9.05. The van der Waals surface area contributed by atoms with Crippen LogP contribution < -0.4 is 4.90 Å². The summed E-state index contributed by atoms with van der Waals surface area (Å²) in [5.74, 6) is 0. The van der Waals surface area contributed by atoms with Crippen LogP contribution >= 0.6 is 0 Å². The highest BCUT2D eigenvalue weighted by molar-refractivity contribution is 6.11. The van der Waals surface area contributed by atoms with Gasteiger partial charge in [0.05, 0.1) is 16.4 Å². The standard InChI is InChI=1S/C61H42N2O/c1-5-19-45(20-6-1)61(46-21-7-2-8-22-46,47-23-9-3-10-24-47)48-34-32-43(33-35-48)44-18-17-27-50(40-44)62(51-37-39-60-56(41-51)55-29-14-16-31-59(55)64-60)52-36-38-54-53-28-13-15-30-57(53)63(58(54)42-52)49-25-11-4-12-26-49/h1-42H. The Morgan fingerprint density at radius 3 is 1.52 bits per heavy atom. The first-order valence-electron chi connectivity index (χ1n) is 21.9. The summed E-state index contributed by atoms with van der Waals surface area (Å²) < 4.78 is 8.71. The average molecular weight is 819 g/mol. The lowest BCUT2D eigenvalue weighted by atomic mass is 9.65. The molecule has 0 bridgehead atoms. The first kappa shape index (κ1) is 37.4. The van der Waals surface area contributed by atoms with Crippen LogP contribution in [0.4, 0.5) is 17.1 Å². The Morgan fingerprint density at radius 2 is 0.828 bits per heavy atom. The van der Waals surface area contributed by atoms with Gasteiger partial charge >= 0.3 is 0 Å². The third kappa shape index (κ3) is 6.13. The van der Waals surface area contributed by atoms with E-state index in [1.807, 2.05) is 12.1 Å². The van der Waals surface area contributed by atoms with Gasteiger partial charge < -0.3 is 13.9 Å². The number of benzene rings is 10. The minimum atomic E-state index is -0.516. The molecule has 0 fully saturated rings. The smallest absolute Gasteiger partial charge is 0.135 e. The summed E-state index contributed by atoms with van der Waals surface area (Å²) in [6.07, 6.45) is 0. The van der Waals surface area contributed by atoms with Gasteiger partial charge in [0.1, 0.15) is 11.2 Å². The number of rotatable bonds is 9. The molecule has 12 aromatic rings. The molecule has 0 saturated carbocycles. The van der Waals surface area contributed by atoms with E-state index in [2.05, 4.69) is 252 Å². The van der Waals surface area contributed by atoms with Gasteiger partial charge in [-0.05, 0) is 100 Å². The van der Waals surface area contributed by atoms with Crippen LogP contribution in [0.1, 0.15) is 22.3 Å². The summed E-state index contributed by atoms with van der Waals surface area (Å²) in [6.45, 7) is 0. The molecule has 0 N–H and O–H groups in total. The minimum Gasteiger partial charge on any atom is -0.456 e. The van der Waals surface area contributed by atoms with Gasteiger partial charge in [-0.3, -0.25) is 0 Å². The van der Waals surface area contributed by atoms with Crippen LogP contribution in [0, 0.1) is 0 Å². The fraction of sp³-hybridized carbons (Fsp3) is 0.0164. The van der Waals surface area contributed by atoms with Crippen molar-refractivity contribution in [2.45, 2.75) is 5.41 Å². The van der Waals surface area contributed by atoms with Crippen LogP contribution in [0.25, 0.3) is 60.6 Å². The van der Waals surface area contributed by atoms with Crippen molar-refractivity contribution in [3.8, 4) is 16.8 Å². The fourth-order valence-electron chi connectivity index (χ4n) is 10.1. The highest BCUT2D eigenvalue weighted by Crippen LogP contribution is 2.46. The van der Waals surface area contributed by atoms with Gasteiger partial charge in [-0.15, -0.1) is 0 Å². The molecule has 3 heteroatoms. The predicted molar refractivity (Wildman–Crippen MR) is 266 cm³/mol. The van der Waals surface area contributed by atoms with Gasteiger partial charge in [-0.25, -0.2) is 0 Å². The molecule has 0 spiro atoms. The molecule has 2 aromatic heterocycles. The molecule has 302 valence electrons. The molecule has 12 rings (SSSR count). The zero-order valence-corrected chi connectivity index (χ0v) is 35.1. The van der Waals surface area contributed by atoms with Crippen LogP contribution in [-0.4, -0.2) is 4.57 Å². The van der Waals surface area contributed by atoms with Crippen LogP contribution in [0.3, 0.4) is 0 Å². The quantitative estimate of drug-likeness (QED) is 0.135. The maximum Gasteiger partial charge on any atom is 0.135 e. The summed E-state index contributed by atoms with van der Waals surface area (Å²) in [5, 5.41) is 4.63. The number of para-hydroxylation sites is 3. The van der Waals surface area contributed by atoms with Gasteiger partial charge in [0, 0.05) is 44.3 Å². The van der Waals surface area contributed by atoms with Crippen molar-refractivity contribution in [2.24, 2.45) is 0 Å². The van der Waals surface area contributed by atoms with E-state index in [0.717, 1.165) is 61.3 Å². The second kappa shape index (κ2) is 15.5. The number of hydrogen-bond acceptors (Lipinski definition) is 2. The van der Waals surface area contributed by atoms with Crippen LogP contribution in [0.5, 0.6) is 0 Å². The first-order valence-corrected chi connectivity index (χ1v) is 21.9. The zero-order valence-electron chi connectivity index (χ0n) is 35.1. The predicted octanol–water partition coefficient (Wildman–Crippen LogP) is 16.2. The highest BCUT2D eigenvalue weighted by Gasteiger charge is 2.38. The number of fused-ring (bicyclic) bond motifs is 6. The monoisotopic (exact) mass is 818 g/mol. The second-order valence-electron chi connectivity index (χ2n) is 16.5. The molecular weight excluding hydrogens is 777 g/mol. The fourth-order valence-corrected chi connectivity index (χ4v) is 10.1. The summed E-state index contributed by atoms with van der Waals surface area (Å²) in [7, 11) is 0. The molecule has 0 aliphatic carbocycles. The zero-order chi connectivity index (χ0) is 42.5. The molecule has 0 atom stereocenters. The van der Waals surface area contributed by atoms with Crippen molar-refractivity contribution >= 4 is 60.8 Å². The van der Waals surface area contributed by atoms with Crippen LogP contribution in [0.15, 0.2) is 259 Å². The molecular formula is C61H42N2O. The molecule has 64 heavy (non-hydrogen) atoms. The molecule has 0 aliphatic rings. The van der Waals surface area contributed by atoms with Crippen molar-refractivity contribution in [1.29, 1.82) is 0 Å². The van der Waals surface area contributed by atoms with E-state index >= 15 is 0 Å². The van der Waals surface area contributed by atoms with Crippen molar-refractivity contribution < 1.29 is 4.42 Å². The number of aromatic nitrogens is 1. The van der Waals surface area contributed by atoms with Gasteiger partial charge in [-0.1, -0.05) is 188 Å². The lowest BCUT2D eigenvalue weighted by molar-refractivity contribution is 0.669. The molecule has 0 aliphatic heterocycles. The first-order chi connectivity index (χ1) is 31.7. The number of anilines is 3. The van der Waals surface area contributed by atoms with E-state index in [1.165, 1.54) is 38.5 Å². The van der Waals surface area contributed by atoms with Crippen molar-refractivity contribution in [2.75, 3.05) is 4.90 Å². The third-order valence-corrected chi connectivity index (χ3v) is 12.9. The van der Waals surface area contributed by atoms with E-state index in [1.54, 1.807) is 0 Å². The van der Waals surface area contributed by atoms with Crippen LogP contribution in [0.2, 0.25) is 0 Å². The summed E-state index contributed by atoms with van der Waals surface area (Å²) in [4.78, 5) is 2.39. The Bertz CT molecular complexity index is 3500. The van der Waals surface area contributed by atoms with Gasteiger partial charge in [0.15, 0.2) is 0 Å². The minimum absolute atomic E-state index is 0.516. The Hall–Kier alpha value is -8.40. The van der Waals surface area contributed by atoms with E-state index in [4.69, 9.17) is 4.42 Å². The average Bonchev–Trinajstić information content (AvgIpc) is 3.91. The lowest BCUT2D eigenvalue weighted by Gasteiger charge is -2.37. The molecule has 0 saturated heterocycles. The van der Waals surface area contributed by atoms with Crippen molar-refractivity contribution in [3.05, 3.63) is 277 Å². The van der Waals surface area contributed by atoms with Crippen LogP contribution in [-0.2, 0) is 5.41 Å². The number of furan rings is 1. The highest BCUT2D eigenvalue weighted by atomic mass is 16.3. The second-order valence-corrected chi connectivity index (χ2v) is 16.5. The van der Waals surface area contributed by atoms with E-state index < -0.39 is 5.41 Å². The van der Waals surface area contributed by atoms with E-state index in [0.29, 0.717) is 0 Å². The molecule has 0 amide bonds. The third-order valence-electron chi connectivity index (χ3n) is 12.9. The topological polar surface area (TPSA) is 21.3 Å². The van der Waals surface area contributed by atoms with E-state index in [-0.39, 0.29) is 0 Å². The number of hydrogen-bond donors (Lipinski definition) is 0. The molecule has 0 unspecified atom stereocenters. The van der Waals surface area contributed by atoms with Crippen molar-refractivity contribution in [1.82, 2.24) is 4.57 Å². The maximum absolute atomic E-state index is 6.33.